The van der Waals surface area contributed by atoms with Gasteiger partial charge in [-0.1, -0.05) is 25.7 Å². The van der Waals surface area contributed by atoms with E-state index in [0.29, 0.717) is 6.42 Å². The summed E-state index contributed by atoms with van der Waals surface area (Å²) in [7, 11) is 0. The molecule has 3 rings (SSSR count). The van der Waals surface area contributed by atoms with Crippen molar-refractivity contribution >= 4 is 22.4 Å². The zero-order valence-electron chi connectivity index (χ0n) is 11.7. The molecule has 0 amide bonds. The second kappa shape index (κ2) is 6.12. The van der Waals surface area contributed by atoms with Gasteiger partial charge in [0.1, 0.15) is 5.92 Å². The second-order valence-corrected chi connectivity index (χ2v) is 7.06. The number of carboxylic acids is 1. The number of anilines is 1. The van der Waals surface area contributed by atoms with Crippen molar-refractivity contribution in [2.45, 2.75) is 57.3 Å². The van der Waals surface area contributed by atoms with Crippen LogP contribution in [0, 0.1) is 5.92 Å². The van der Waals surface area contributed by atoms with E-state index in [1.165, 1.54) is 38.5 Å². The number of nitrogens with one attached hydrogen (secondary N) is 1. The summed E-state index contributed by atoms with van der Waals surface area (Å²) in [5, 5.41) is 13.4. The third-order valence-corrected chi connectivity index (χ3v) is 5.64. The monoisotopic (exact) mass is 294 g/mol. The van der Waals surface area contributed by atoms with Gasteiger partial charge in [-0.25, -0.2) is 4.98 Å². The number of aromatic nitrogens is 1. The third-order valence-electron chi connectivity index (χ3n) is 4.56. The summed E-state index contributed by atoms with van der Waals surface area (Å²) in [5.74, 6) is -0.174. The fourth-order valence-corrected chi connectivity index (χ4v) is 4.49. The molecule has 4 nitrogen and oxygen atoms in total. The highest BCUT2D eigenvalue weighted by molar-refractivity contribution is 7.15. The normalized spacial score (nSPS) is 22.1. The molecule has 1 heterocycles. The van der Waals surface area contributed by atoms with E-state index in [-0.39, 0.29) is 5.92 Å². The van der Waals surface area contributed by atoms with Gasteiger partial charge in [0.15, 0.2) is 5.13 Å². The lowest BCUT2D eigenvalue weighted by atomic mass is 10.0. The largest absolute Gasteiger partial charge is 0.481 e. The minimum atomic E-state index is -0.734. The van der Waals surface area contributed by atoms with Crippen molar-refractivity contribution in [1.29, 1.82) is 0 Å². The second-order valence-electron chi connectivity index (χ2n) is 5.98. The van der Waals surface area contributed by atoms with Crippen LogP contribution >= 0.6 is 11.3 Å². The zero-order valence-corrected chi connectivity index (χ0v) is 12.5. The number of rotatable bonds is 6. The molecule has 0 aliphatic heterocycles. The molecule has 20 heavy (non-hydrogen) atoms. The summed E-state index contributed by atoms with van der Waals surface area (Å²) in [5.41, 5.74) is 0.806. The molecule has 1 fully saturated rings. The van der Waals surface area contributed by atoms with Crippen LogP contribution in [0.5, 0.6) is 0 Å². The first-order valence-corrected chi connectivity index (χ1v) is 8.52. The number of thiazole rings is 1. The van der Waals surface area contributed by atoms with Gasteiger partial charge < -0.3 is 10.4 Å². The molecular formula is C15H22N2O2S. The van der Waals surface area contributed by atoms with Gasteiger partial charge in [0, 0.05) is 11.4 Å². The number of nitrogens with zero attached hydrogens (tertiary/aromatic N) is 1. The van der Waals surface area contributed by atoms with Crippen molar-refractivity contribution < 1.29 is 9.90 Å². The number of fused-ring (bicyclic) bond motifs is 1. The van der Waals surface area contributed by atoms with Gasteiger partial charge in [-0.3, -0.25) is 4.79 Å². The van der Waals surface area contributed by atoms with E-state index >= 15 is 0 Å². The van der Waals surface area contributed by atoms with Crippen LogP contribution in [-0.2, 0) is 11.2 Å². The fourth-order valence-electron chi connectivity index (χ4n) is 3.43. The number of aryl methyl sites for hydroxylation is 1. The summed E-state index contributed by atoms with van der Waals surface area (Å²) in [4.78, 5) is 16.8. The lowest BCUT2D eigenvalue weighted by molar-refractivity contribution is -0.138. The molecule has 0 radical (unpaired) electrons. The van der Waals surface area contributed by atoms with Crippen LogP contribution in [0.3, 0.4) is 0 Å². The molecule has 5 heteroatoms. The number of hydrogen-bond donors (Lipinski definition) is 2. The molecule has 2 N–H and O–H groups in total. The van der Waals surface area contributed by atoms with E-state index in [1.54, 1.807) is 11.3 Å². The summed E-state index contributed by atoms with van der Waals surface area (Å²) in [6.07, 6.45) is 9.73. The average Bonchev–Trinajstić information content (AvgIpc) is 3.10. The number of aliphatic carboxylic acids is 1. The maximum absolute atomic E-state index is 11.1. The molecule has 110 valence electrons. The van der Waals surface area contributed by atoms with Crippen LogP contribution in [-0.4, -0.2) is 22.6 Å². The van der Waals surface area contributed by atoms with Crippen LogP contribution in [0.15, 0.2) is 0 Å². The molecular weight excluding hydrogens is 272 g/mol. The van der Waals surface area contributed by atoms with E-state index in [2.05, 4.69) is 10.3 Å². The van der Waals surface area contributed by atoms with E-state index in [1.807, 2.05) is 0 Å². The van der Waals surface area contributed by atoms with Gasteiger partial charge in [0.2, 0.25) is 0 Å². The lowest BCUT2D eigenvalue weighted by Gasteiger charge is -2.08. The highest BCUT2D eigenvalue weighted by atomic mass is 32.1. The zero-order chi connectivity index (χ0) is 13.9. The average molecular weight is 294 g/mol. The molecule has 1 saturated carbocycles. The first-order chi connectivity index (χ1) is 9.74. The SMILES string of the molecule is O=C(O)C1CCc2sc(NCCCC3CCCC3)nc21. The Hall–Kier alpha value is -1.10. The molecule has 1 atom stereocenters. The summed E-state index contributed by atoms with van der Waals surface area (Å²) in [6.45, 7) is 0.959. The molecule has 2 aliphatic rings. The van der Waals surface area contributed by atoms with Crippen LogP contribution < -0.4 is 5.32 Å². The summed E-state index contributed by atoms with van der Waals surface area (Å²) in [6, 6.07) is 0. The van der Waals surface area contributed by atoms with Gasteiger partial charge in [-0.2, -0.15) is 0 Å². The predicted molar refractivity (Wildman–Crippen MR) is 80.5 cm³/mol. The maximum atomic E-state index is 11.1. The van der Waals surface area contributed by atoms with Crippen molar-refractivity contribution in [2.75, 3.05) is 11.9 Å². The topological polar surface area (TPSA) is 62.2 Å². The lowest BCUT2D eigenvalue weighted by Crippen LogP contribution is -2.09. The quantitative estimate of drug-likeness (QED) is 0.786. The van der Waals surface area contributed by atoms with Crippen molar-refractivity contribution in [3.05, 3.63) is 10.6 Å². The Morgan fingerprint density at radius 1 is 1.35 bits per heavy atom. The minimum absolute atomic E-state index is 0.379. The van der Waals surface area contributed by atoms with Crippen molar-refractivity contribution in [1.82, 2.24) is 4.98 Å². The van der Waals surface area contributed by atoms with Crippen LogP contribution in [0.4, 0.5) is 5.13 Å². The third kappa shape index (κ3) is 2.97. The minimum Gasteiger partial charge on any atom is -0.481 e. The van der Waals surface area contributed by atoms with Crippen LogP contribution in [0.25, 0.3) is 0 Å². The Morgan fingerprint density at radius 3 is 2.90 bits per heavy atom. The Balaban J connectivity index is 1.47. The number of carbonyl (C=O) groups is 1. The first kappa shape index (κ1) is 13.9. The predicted octanol–water partition coefficient (Wildman–Crippen LogP) is 3.64. The number of hydrogen-bond acceptors (Lipinski definition) is 4. The van der Waals surface area contributed by atoms with E-state index < -0.39 is 5.97 Å². The van der Waals surface area contributed by atoms with Gasteiger partial charge in [-0.15, -0.1) is 11.3 Å². The van der Waals surface area contributed by atoms with Crippen molar-refractivity contribution in [2.24, 2.45) is 5.92 Å². The van der Waals surface area contributed by atoms with Gasteiger partial charge >= 0.3 is 5.97 Å². The molecule has 1 unspecified atom stereocenters. The molecule has 1 aromatic rings. The summed E-state index contributed by atoms with van der Waals surface area (Å²) < 4.78 is 0. The Morgan fingerprint density at radius 2 is 2.15 bits per heavy atom. The first-order valence-electron chi connectivity index (χ1n) is 7.70. The fraction of sp³-hybridized carbons (Fsp3) is 0.733. The Labute approximate surface area is 123 Å². The Bertz CT molecular complexity index is 480. The highest BCUT2D eigenvalue weighted by Gasteiger charge is 2.32. The van der Waals surface area contributed by atoms with Crippen molar-refractivity contribution in [3.63, 3.8) is 0 Å². The molecule has 0 spiro atoms. The van der Waals surface area contributed by atoms with Gasteiger partial charge in [-0.05, 0) is 31.6 Å². The number of carboxylic acid groups (broad SMARTS) is 1. The smallest absolute Gasteiger partial charge is 0.312 e. The summed E-state index contributed by atoms with van der Waals surface area (Å²) >= 11 is 1.64. The Kier molecular flexibility index (Phi) is 4.24. The maximum Gasteiger partial charge on any atom is 0.312 e. The van der Waals surface area contributed by atoms with E-state index in [9.17, 15) is 4.79 Å². The van der Waals surface area contributed by atoms with E-state index in [4.69, 9.17) is 5.11 Å². The van der Waals surface area contributed by atoms with Gasteiger partial charge in [0.25, 0.3) is 0 Å². The molecule has 1 aromatic heterocycles. The van der Waals surface area contributed by atoms with Crippen LogP contribution in [0.2, 0.25) is 0 Å². The standard InChI is InChI=1S/C15H22N2O2S/c18-14(19)11-7-8-12-13(11)17-15(20-12)16-9-3-6-10-4-1-2-5-10/h10-11H,1-9H2,(H,16,17)(H,18,19). The van der Waals surface area contributed by atoms with Gasteiger partial charge in [0.05, 0.1) is 5.69 Å². The van der Waals surface area contributed by atoms with Crippen molar-refractivity contribution in [3.8, 4) is 0 Å². The van der Waals surface area contributed by atoms with E-state index in [0.717, 1.165) is 34.6 Å². The molecule has 0 aromatic carbocycles. The molecule has 0 saturated heterocycles. The van der Waals surface area contributed by atoms with Crippen LogP contribution in [0.1, 0.15) is 61.4 Å². The highest BCUT2D eigenvalue weighted by Crippen LogP contribution is 2.38. The molecule has 2 aliphatic carbocycles. The molecule has 0 bridgehead atoms.